The van der Waals surface area contributed by atoms with Crippen LogP contribution in [-0.4, -0.2) is 12.3 Å². The van der Waals surface area contributed by atoms with E-state index in [1.807, 2.05) is 0 Å². The SMILES string of the molecule is CC(C)C1=NC2=C(COc3cc(C(C)(C)C)ccc32)C1. The zero-order valence-electron chi connectivity index (χ0n) is 13.1. The van der Waals surface area contributed by atoms with Crippen molar-refractivity contribution < 1.29 is 4.74 Å². The van der Waals surface area contributed by atoms with Crippen LogP contribution in [0, 0.1) is 5.92 Å². The molecule has 0 radical (unpaired) electrons. The van der Waals surface area contributed by atoms with Crippen molar-refractivity contribution in [2.45, 2.75) is 46.5 Å². The fourth-order valence-electron chi connectivity index (χ4n) is 2.74. The summed E-state index contributed by atoms with van der Waals surface area (Å²) in [5.41, 5.74) is 6.41. The van der Waals surface area contributed by atoms with E-state index in [9.17, 15) is 0 Å². The lowest BCUT2D eigenvalue weighted by molar-refractivity contribution is 0.343. The van der Waals surface area contributed by atoms with Gasteiger partial charge in [0, 0.05) is 17.7 Å². The lowest BCUT2D eigenvalue weighted by Gasteiger charge is -2.24. The summed E-state index contributed by atoms with van der Waals surface area (Å²) in [5.74, 6) is 1.50. The van der Waals surface area contributed by atoms with Crippen LogP contribution in [0.15, 0.2) is 28.8 Å². The minimum absolute atomic E-state index is 0.148. The average Bonchev–Trinajstić information content (AvgIpc) is 2.81. The van der Waals surface area contributed by atoms with Crippen LogP contribution in [-0.2, 0) is 5.41 Å². The van der Waals surface area contributed by atoms with Crippen LogP contribution >= 0.6 is 0 Å². The monoisotopic (exact) mass is 269 g/mol. The summed E-state index contributed by atoms with van der Waals surface area (Å²) < 4.78 is 5.97. The molecule has 2 nitrogen and oxygen atoms in total. The van der Waals surface area contributed by atoms with Crippen LogP contribution < -0.4 is 4.74 Å². The molecule has 2 heterocycles. The van der Waals surface area contributed by atoms with Gasteiger partial charge in [-0.25, -0.2) is 0 Å². The average molecular weight is 269 g/mol. The summed E-state index contributed by atoms with van der Waals surface area (Å²) in [5, 5.41) is 0. The molecule has 0 unspecified atom stereocenters. The number of benzene rings is 1. The Bertz CT molecular complexity index is 615. The number of rotatable bonds is 1. The van der Waals surface area contributed by atoms with Crippen molar-refractivity contribution in [3.05, 3.63) is 34.9 Å². The van der Waals surface area contributed by atoms with Gasteiger partial charge in [-0.2, -0.15) is 0 Å². The molecular weight excluding hydrogens is 246 g/mol. The normalized spacial score (nSPS) is 17.8. The van der Waals surface area contributed by atoms with Gasteiger partial charge in [0.05, 0.1) is 5.70 Å². The Hall–Kier alpha value is -1.57. The van der Waals surface area contributed by atoms with Crippen LogP contribution in [0.5, 0.6) is 5.75 Å². The molecule has 1 aromatic carbocycles. The second-order valence-corrected chi connectivity index (χ2v) is 7.14. The summed E-state index contributed by atoms with van der Waals surface area (Å²) in [6.45, 7) is 11.8. The maximum Gasteiger partial charge on any atom is 0.129 e. The van der Waals surface area contributed by atoms with Crippen LogP contribution in [0.3, 0.4) is 0 Å². The molecule has 0 atom stereocenters. The minimum atomic E-state index is 0.148. The highest BCUT2D eigenvalue weighted by Crippen LogP contribution is 2.41. The van der Waals surface area contributed by atoms with Crippen molar-refractivity contribution >= 4 is 11.4 Å². The predicted octanol–water partition coefficient (Wildman–Crippen LogP) is 4.59. The number of aliphatic imine (C=N–C) groups is 1. The van der Waals surface area contributed by atoms with Crippen LogP contribution in [0.25, 0.3) is 5.70 Å². The number of nitrogens with zero attached hydrogens (tertiary/aromatic N) is 1. The Morgan fingerprint density at radius 1 is 1.20 bits per heavy atom. The summed E-state index contributed by atoms with van der Waals surface area (Å²) in [7, 11) is 0. The Morgan fingerprint density at radius 3 is 2.60 bits per heavy atom. The first-order valence-corrected chi connectivity index (χ1v) is 7.43. The molecule has 2 aliphatic rings. The van der Waals surface area contributed by atoms with Crippen molar-refractivity contribution in [3.63, 3.8) is 0 Å². The van der Waals surface area contributed by atoms with Crippen LogP contribution in [0.1, 0.15) is 52.2 Å². The summed E-state index contributed by atoms with van der Waals surface area (Å²) in [6, 6.07) is 6.57. The summed E-state index contributed by atoms with van der Waals surface area (Å²) in [4.78, 5) is 4.86. The van der Waals surface area contributed by atoms with Gasteiger partial charge >= 0.3 is 0 Å². The van der Waals surface area contributed by atoms with E-state index in [0.29, 0.717) is 12.5 Å². The van der Waals surface area contributed by atoms with Gasteiger partial charge in [0.2, 0.25) is 0 Å². The molecule has 2 aliphatic heterocycles. The molecule has 0 aliphatic carbocycles. The molecule has 0 N–H and O–H groups in total. The van der Waals surface area contributed by atoms with Gasteiger partial charge in [0.15, 0.2) is 0 Å². The molecule has 20 heavy (non-hydrogen) atoms. The van der Waals surface area contributed by atoms with Gasteiger partial charge in [-0.3, -0.25) is 4.99 Å². The molecule has 0 amide bonds. The number of fused-ring (bicyclic) bond motifs is 2. The lowest BCUT2D eigenvalue weighted by atomic mass is 9.85. The number of hydrogen-bond donors (Lipinski definition) is 0. The molecule has 106 valence electrons. The first-order valence-electron chi connectivity index (χ1n) is 7.43. The third-order valence-corrected chi connectivity index (χ3v) is 4.16. The second-order valence-electron chi connectivity index (χ2n) is 7.14. The summed E-state index contributed by atoms with van der Waals surface area (Å²) in [6.07, 6.45) is 0.980. The summed E-state index contributed by atoms with van der Waals surface area (Å²) >= 11 is 0. The Morgan fingerprint density at radius 2 is 1.95 bits per heavy atom. The van der Waals surface area contributed by atoms with Gasteiger partial charge < -0.3 is 4.74 Å². The van der Waals surface area contributed by atoms with Gasteiger partial charge in [0.25, 0.3) is 0 Å². The fourth-order valence-corrected chi connectivity index (χ4v) is 2.74. The van der Waals surface area contributed by atoms with E-state index in [2.05, 4.69) is 52.8 Å². The van der Waals surface area contributed by atoms with Crippen molar-refractivity contribution in [1.29, 1.82) is 0 Å². The van der Waals surface area contributed by atoms with Crippen molar-refractivity contribution in [2.75, 3.05) is 6.61 Å². The van der Waals surface area contributed by atoms with Gasteiger partial charge in [-0.1, -0.05) is 40.7 Å². The van der Waals surface area contributed by atoms with Crippen LogP contribution in [0.2, 0.25) is 0 Å². The fraction of sp³-hybridized carbons (Fsp3) is 0.500. The Kier molecular flexibility index (Phi) is 3.00. The Labute approximate surface area is 121 Å². The third-order valence-electron chi connectivity index (χ3n) is 4.16. The van der Waals surface area contributed by atoms with E-state index >= 15 is 0 Å². The largest absolute Gasteiger partial charge is 0.488 e. The van der Waals surface area contributed by atoms with Crippen molar-refractivity contribution in [2.24, 2.45) is 10.9 Å². The molecule has 0 fully saturated rings. The molecular formula is C18H23NO. The van der Waals surface area contributed by atoms with E-state index in [1.165, 1.54) is 16.8 Å². The topological polar surface area (TPSA) is 21.6 Å². The quantitative estimate of drug-likeness (QED) is 0.730. The first-order chi connectivity index (χ1) is 9.36. The van der Waals surface area contributed by atoms with Gasteiger partial charge in [-0.05, 0) is 34.6 Å². The lowest BCUT2D eigenvalue weighted by Crippen LogP contribution is -2.14. The molecule has 1 aromatic rings. The molecule has 0 saturated heterocycles. The smallest absolute Gasteiger partial charge is 0.129 e. The molecule has 0 saturated carbocycles. The molecule has 2 heteroatoms. The molecule has 3 rings (SSSR count). The maximum absolute atomic E-state index is 5.97. The highest BCUT2D eigenvalue weighted by Gasteiger charge is 2.28. The maximum atomic E-state index is 5.97. The van der Waals surface area contributed by atoms with Gasteiger partial charge in [-0.15, -0.1) is 0 Å². The van der Waals surface area contributed by atoms with E-state index < -0.39 is 0 Å². The number of ether oxygens (including phenoxy) is 1. The highest BCUT2D eigenvalue weighted by molar-refractivity contribution is 5.99. The molecule has 0 bridgehead atoms. The standard InChI is InChI=1S/C18H23NO/c1-11(2)15-8-12-10-20-16-9-13(18(3,4)5)6-7-14(16)17(12)19-15/h6-7,9,11H,8,10H2,1-5H3. The van der Waals surface area contributed by atoms with Crippen molar-refractivity contribution in [3.8, 4) is 5.75 Å². The zero-order chi connectivity index (χ0) is 14.5. The third kappa shape index (κ3) is 2.17. The molecule has 0 spiro atoms. The van der Waals surface area contributed by atoms with E-state index in [4.69, 9.17) is 9.73 Å². The van der Waals surface area contributed by atoms with Crippen molar-refractivity contribution in [1.82, 2.24) is 0 Å². The zero-order valence-corrected chi connectivity index (χ0v) is 13.1. The number of hydrogen-bond acceptors (Lipinski definition) is 2. The second kappa shape index (κ2) is 4.47. The Balaban J connectivity index is 2.02. The van der Waals surface area contributed by atoms with E-state index in [1.54, 1.807) is 0 Å². The van der Waals surface area contributed by atoms with Crippen LogP contribution in [0.4, 0.5) is 0 Å². The van der Waals surface area contributed by atoms with Gasteiger partial charge in [0.1, 0.15) is 12.4 Å². The highest BCUT2D eigenvalue weighted by atomic mass is 16.5. The van der Waals surface area contributed by atoms with E-state index in [-0.39, 0.29) is 5.41 Å². The predicted molar refractivity (Wildman–Crippen MR) is 84.4 cm³/mol. The minimum Gasteiger partial charge on any atom is -0.488 e. The first kappa shape index (κ1) is 13.4. The molecule has 0 aromatic heterocycles. The van der Waals surface area contributed by atoms with E-state index in [0.717, 1.165) is 23.4 Å².